The highest BCUT2D eigenvalue weighted by Gasteiger charge is 2.29. The number of rotatable bonds is 3. The lowest BCUT2D eigenvalue weighted by molar-refractivity contribution is 0.222. The van der Waals surface area contributed by atoms with Crippen LogP contribution in [0.3, 0.4) is 0 Å². The molecule has 0 bridgehead atoms. The van der Waals surface area contributed by atoms with Crippen molar-refractivity contribution in [1.82, 2.24) is 4.98 Å². The normalized spacial score (nSPS) is 19.6. The van der Waals surface area contributed by atoms with Crippen LogP contribution >= 0.6 is 0 Å². The van der Waals surface area contributed by atoms with E-state index in [1.807, 2.05) is 13.1 Å². The average Bonchev–Trinajstić information content (AvgIpc) is 2.38. The van der Waals surface area contributed by atoms with Gasteiger partial charge in [-0.05, 0) is 43.2 Å². The van der Waals surface area contributed by atoms with Crippen LogP contribution in [0.4, 0.5) is 11.6 Å². The molecule has 100 valence electrons. The molecule has 1 aliphatic carbocycles. The second kappa shape index (κ2) is 5.17. The third kappa shape index (κ3) is 2.95. The van der Waals surface area contributed by atoms with E-state index in [1.165, 1.54) is 25.7 Å². The van der Waals surface area contributed by atoms with E-state index in [9.17, 15) is 0 Å². The largest absolute Gasteiger partial charge is 0.373 e. The van der Waals surface area contributed by atoms with Gasteiger partial charge < -0.3 is 10.2 Å². The summed E-state index contributed by atoms with van der Waals surface area (Å²) < 4.78 is 0. The summed E-state index contributed by atoms with van der Waals surface area (Å²) >= 11 is 0. The second-order valence-electron chi connectivity index (χ2n) is 6.14. The van der Waals surface area contributed by atoms with Crippen LogP contribution in [-0.4, -0.2) is 25.1 Å². The number of hydrogen-bond donors (Lipinski definition) is 1. The highest BCUT2D eigenvalue weighted by Crippen LogP contribution is 2.37. The molecular weight excluding hydrogens is 222 g/mol. The zero-order valence-corrected chi connectivity index (χ0v) is 12.0. The molecule has 0 amide bonds. The molecule has 1 aromatic heterocycles. The number of anilines is 2. The number of pyridine rings is 1. The van der Waals surface area contributed by atoms with Crippen LogP contribution in [-0.2, 0) is 0 Å². The summed E-state index contributed by atoms with van der Waals surface area (Å²) in [6.07, 6.45) is 5.17. The number of nitrogens with zero attached hydrogens (tertiary/aromatic N) is 2. The van der Waals surface area contributed by atoms with Crippen molar-refractivity contribution in [2.75, 3.05) is 24.3 Å². The van der Waals surface area contributed by atoms with Gasteiger partial charge in [-0.25, -0.2) is 4.98 Å². The fraction of sp³-hybridized carbons (Fsp3) is 0.667. The molecule has 1 saturated carbocycles. The van der Waals surface area contributed by atoms with E-state index >= 15 is 0 Å². The van der Waals surface area contributed by atoms with Crippen LogP contribution < -0.4 is 10.2 Å². The lowest BCUT2D eigenvalue weighted by Crippen LogP contribution is -2.37. The summed E-state index contributed by atoms with van der Waals surface area (Å²) in [5.41, 5.74) is 0.525. The first kappa shape index (κ1) is 13.2. The molecule has 0 unspecified atom stereocenters. The average molecular weight is 247 g/mol. The van der Waals surface area contributed by atoms with Gasteiger partial charge in [0.05, 0.1) is 0 Å². The van der Waals surface area contributed by atoms with Gasteiger partial charge in [0.2, 0.25) is 0 Å². The molecule has 0 spiro atoms. The Morgan fingerprint density at radius 2 is 1.94 bits per heavy atom. The van der Waals surface area contributed by atoms with Gasteiger partial charge in [-0.15, -0.1) is 0 Å². The summed E-state index contributed by atoms with van der Waals surface area (Å²) in [4.78, 5) is 6.96. The zero-order chi connectivity index (χ0) is 13.2. The molecule has 18 heavy (non-hydrogen) atoms. The quantitative estimate of drug-likeness (QED) is 0.885. The number of aromatic nitrogens is 1. The highest BCUT2D eigenvalue weighted by atomic mass is 15.2. The number of hydrogen-bond acceptors (Lipinski definition) is 3. The molecule has 1 fully saturated rings. The smallest absolute Gasteiger partial charge is 0.130 e. The molecule has 0 atom stereocenters. The van der Waals surface area contributed by atoms with Crippen LogP contribution in [0.15, 0.2) is 18.2 Å². The SMILES string of the molecule is CNc1cccc(N(C)C2CCC(C)(C)CC2)n1. The fourth-order valence-corrected chi connectivity index (χ4v) is 2.72. The minimum Gasteiger partial charge on any atom is -0.373 e. The van der Waals surface area contributed by atoms with Gasteiger partial charge in [0.15, 0.2) is 0 Å². The van der Waals surface area contributed by atoms with Gasteiger partial charge >= 0.3 is 0 Å². The Hall–Kier alpha value is -1.25. The van der Waals surface area contributed by atoms with Gasteiger partial charge in [-0.1, -0.05) is 19.9 Å². The van der Waals surface area contributed by atoms with E-state index in [1.54, 1.807) is 0 Å². The van der Waals surface area contributed by atoms with E-state index in [0.29, 0.717) is 11.5 Å². The summed E-state index contributed by atoms with van der Waals surface area (Å²) in [6, 6.07) is 6.80. The molecule has 1 aromatic rings. The predicted octanol–water partition coefficient (Wildman–Crippen LogP) is 3.53. The molecule has 3 nitrogen and oxygen atoms in total. The van der Waals surface area contributed by atoms with Crippen molar-refractivity contribution in [2.24, 2.45) is 5.41 Å². The van der Waals surface area contributed by atoms with Crippen molar-refractivity contribution < 1.29 is 0 Å². The molecule has 1 heterocycles. The first-order chi connectivity index (χ1) is 8.52. The third-order valence-electron chi connectivity index (χ3n) is 4.21. The van der Waals surface area contributed by atoms with Crippen molar-refractivity contribution in [3.05, 3.63) is 18.2 Å². The Labute approximate surface area is 111 Å². The van der Waals surface area contributed by atoms with Crippen molar-refractivity contribution in [3.63, 3.8) is 0 Å². The van der Waals surface area contributed by atoms with E-state index in [4.69, 9.17) is 0 Å². The Balaban J connectivity index is 2.05. The van der Waals surface area contributed by atoms with Crippen molar-refractivity contribution in [3.8, 4) is 0 Å². The van der Waals surface area contributed by atoms with Crippen molar-refractivity contribution in [1.29, 1.82) is 0 Å². The lowest BCUT2D eigenvalue weighted by Gasteiger charge is -2.39. The summed E-state index contributed by atoms with van der Waals surface area (Å²) in [6.45, 7) is 4.76. The molecular formula is C15H25N3. The Morgan fingerprint density at radius 3 is 2.56 bits per heavy atom. The Morgan fingerprint density at radius 1 is 1.28 bits per heavy atom. The molecule has 3 heteroatoms. The van der Waals surface area contributed by atoms with Gasteiger partial charge in [0, 0.05) is 20.1 Å². The first-order valence-corrected chi connectivity index (χ1v) is 6.89. The summed E-state index contributed by atoms with van der Waals surface area (Å²) in [7, 11) is 4.08. The van der Waals surface area contributed by atoms with Crippen molar-refractivity contribution in [2.45, 2.75) is 45.6 Å². The third-order valence-corrected chi connectivity index (χ3v) is 4.21. The Kier molecular flexibility index (Phi) is 3.79. The van der Waals surface area contributed by atoms with Crippen molar-refractivity contribution >= 4 is 11.6 Å². The standard InChI is InChI=1S/C15H25N3/c1-15(2)10-8-12(9-11-15)18(4)14-7-5-6-13(16-3)17-14/h5-7,12H,8-11H2,1-4H3,(H,16,17). The van der Waals surface area contributed by atoms with Crippen LogP contribution in [0.5, 0.6) is 0 Å². The monoisotopic (exact) mass is 247 g/mol. The molecule has 0 aromatic carbocycles. The molecule has 0 radical (unpaired) electrons. The topological polar surface area (TPSA) is 28.2 Å². The van der Waals surface area contributed by atoms with Gasteiger partial charge in [-0.3, -0.25) is 0 Å². The van der Waals surface area contributed by atoms with Crippen LogP contribution in [0.1, 0.15) is 39.5 Å². The maximum atomic E-state index is 4.62. The minimum atomic E-state index is 0.525. The maximum absolute atomic E-state index is 4.62. The van der Waals surface area contributed by atoms with Gasteiger partial charge in [-0.2, -0.15) is 0 Å². The number of nitrogens with one attached hydrogen (secondary N) is 1. The van der Waals surface area contributed by atoms with Gasteiger partial charge in [0.1, 0.15) is 11.6 Å². The summed E-state index contributed by atoms with van der Waals surface area (Å²) in [5, 5.41) is 3.10. The second-order valence-corrected chi connectivity index (χ2v) is 6.14. The van der Waals surface area contributed by atoms with E-state index in [0.717, 1.165) is 11.6 Å². The van der Waals surface area contributed by atoms with E-state index < -0.39 is 0 Å². The first-order valence-electron chi connectivity index (χ1n) is 6.89. The van der Waals surface area contributed by atoms with E-state index in [-0.39, 0.29) is 0 Å². The van der Waals surface area contributed by atoms with Crippen LogP contribution in [0, 0.1) is 5.41 Å². The predicted molar refractivity (Wildman–Crippen MR) is 78.2 cm³/mol. The molecule has 0 aliphatic heterocycles. The van der Waals surface area contributed by atoms with E-state index in [2.05, 4.69) is 48.2 Å². The fourth-order valence-electron chi connectivity index (χ4n) is 2.72. The summed E-state index contributed by atoms with van der Waals surface area (Å²) in [5.74, 6) is 2.02. The molecule has 0 saturated heterocycles. The lowest BCUT2D eigenvalue weighted by atomic mass is 9.75. The van der Waals surface area contributed by atoms with Crippen LogP contribution in [0.25, 0.3) is 0 Å². The minimum absolute atomic E-state index is 0.525. The Bertz CT molecular complexity index is 390. The highest BCUT2D eigenvalue weighted by molar-refractivity contribution is 5.46. The molecule has 1 aliphatic rings. The molecule has 1 N–H and O–H groups in total. The van der Waals surface area contributed by atoms with Crippen LogP contribution in [0.2, 0.25) is 0 Å². The van der Waals surface area contributed by atoms with Gasteiger partial charge in [0.25, 0.3) is 0 Å². The molecule has 2 rings (SSSR count). The maximum Gasteiger partial charge on any atom is 0.130 e. The zero-order valence-electron chi connectivity index (χ0n) is 12.0.